The van der Waals surface area contributed by atoms with E-state index in [-0.39, 0.29) is 0 Å². The van der Waals surface area contributed by atoms with Crippen LogP contribution in [0.2, 0.25) is 0 Å². The van der Waals surface area contributed by atoms with E-state index in [1.165, 1.54) is 0 Å². The lowest BCUT2D eigenvalue weighted by Gasteiger charge is -2.36. The van der Waals surface area contributed by atoms with Crippen molar-refractivity contribution in [3.05, 3.63) is 7.05 Å². The largest absolute Gasteiger partial charge is 0.478 e. The Morgan fingerprint density at radius 2 is 2.38 bits per heavy atom. The summed E-state index contributed by atoms with van der Waals surface area (Å²) in [6.07, 6.45) is 0. The Labute approximate surface area is 50.2 Å². The first kappa shape index (κ1) is 6.05. The second-order valence-corrected chi connectivity index (χ2v) is 2.80. The Hall–Kier alpha value is -0.0800. The fourth-order valence-electron chi connectivity index (χ4n) is 0.917. The summed E-state index contributed by atoms with van der Waals surface area (Å²) in [6.45, 7) is 5.14. The minimum Gasteiger partial charge on any atom is -0.478 e. The van der Waals surface area contributed by atoms with Gasteiger partial charge in [-0.1, -0.05) is 0 Å². The van der Waals surface area contributed by atoms with Gasteiger partial charge >= 0.3 is 0 Å². The second-order valence-electron chi connectivity index (χ2n) is 2.80. The number of rotatable bonds is 2. The standard InChI is InChI=1S/C6H13NO/c1-6(3-7-2)4-8-5-6/h2-5,7H2,1H3. The molecule has 1 aliphatic rings. The first-order valence-corrected chi connectivity index (χ1v) is 2.95. The van der Waals surface area contributed by atoms with Gasteiger partial charge in [-0.15, -0.1) is 0 Å². The first-order valence-electron chi connectivity index (χ1n) is 2.95. The van der Waals surface area contributed by atoms with Gasteiger partial charge in [0, 0.05) is 0 Å². The third-order valence-electron chi connectivity index (χ3n) is 1.54. The Morgan fingerprint density at radius 3 is 2.50 bits per heavy atom. The van der Waals surface area contributed by atoms with E-state index >= 15 is 0 Å². The molecule has 48 valence electrons. The maximum atomic E-state index is 5.04. The molecule has 1 heterocycles. The molecule has 1 saturated heterocycles. The van der Waals surface area contributed by atoms with Crippen LogP contribution in [0.4, 0.5) is 0 Å². The van der Waals surface area contributed by atoms with Gasteiger partial charge in [0.1, 0.15) is 0 Å². The molecule has 8 heavy (non-hydrogen) atoms. The molecule has 0 spiro atoms. The molecule has 1 fully saturated rings. The van der Waals surface area contributed by atoms with Crippen LogP contribution in [-0.4, -0.2) is 19.8 Å². The average molecular weight is 115 g/mol. The molecule has 2 nitrogen and oxygen atoms in total. The third kappa shape index (κ3) is 1.01. The van der Waals surface area contributed by atoms with Crippen LogP contribution in [-0.2, 0) is 4.74 Å². The Morgan fingerprint density at radius 1 is 1.75 bits per heavy atom. The number of ether oxygens (including phenoxy) is 1. The van der Waals surface area contributed by atoms with Crippen LogP contribution in [0.1, 0.15) is 6.92 Å². The van der Waals surface area contributed by atoms with Gasteiger partial charge < -0.3 is 10.1 Å². The van der Waals surface area contributed by atoms with Gasteiger partial charge in [-0.3, -0.25) is 0 Å². The maximum Gasteiger partial charge on any atom is 0.0614 e. The van der Waals surface area contributed by atoms with Crippen molar-refractivity contribution in [3.63, 3.8) is 0 Å². The van der Waals surface area contributed by atoms with Crippen molar-refractivity contribution in [2.24, 2.45) is 5.41 Å². The molecule has 2 heteroatoms. The minimum atomic E-state index is 0.432. The summed E-state index contributed by atoms with van der Waals surface area (Å²) in [4.78, 5) is 0. The van der Waals surface area contributed by atoms with Gasteiger partial charge in [0.05, 0.1) is 25.2 Å². The van der Waals surface area contributed by atoms with Crippen molar-refractivity contribution >= 4 is 0 Å². The average Bonchev–Trinajstić information content (AvgIpc) is 1.64. The number of quaternary nitrogens is 1. The van der Waals surface area contributed by atoms with Gasteiger partial charge in [-0.2, -0.15) is 7.05 Å². The smallest absolute Gasteiger partial charge is 0.0614 e. The van der Waals surface area contributed by atoms with Crippen molar-refractivity contribution in [2.45, 2.75) is 6.92 Å². The van der Waals surface area contributed by atoms with Gasteiger partial charge in [0.25, 0.3) is 0 Å². The summed E-state index contributed by atoms with van der Waals surface area (Å²) in [7, 11) is 3.67. The third-order valence-corrected chi connectivity index (χ3v) is 1.54. The summed E-state index contributed by atoms with van der Waals surface area (Å²) in [5.41, 5.74) is 0.432. The van der Waals surface area contributed by atoms with Gasteiger partial charge in [-0.25, -0.2) is 0 Å². The van der Waals surface area contributed by atoms with Crippen molar-refractivity contribution in [1.29, 1.82) is 0 Å². The molecule has 0 saturated carbocycles. The zero-order chi connectivity index (χ0) is 6.04. The summed E-state index contributed by atoms with van der Waals surface area (Å²) >= 11 is 0. The second kappa shape index (κ2) is 2.03. The van der Waals surface area contributed by atoms with Crippen molar-refractivity contribution in [1.82, 2.24) is 0 Å². The van der Waals surface area contributed by atoms with Crippen LogP contribution < -0.4 is 5.32 Å². The fourth-order valence-corrected chi connectivity index (χ4v) is 0.917. The predicted molar refractivity (Wildman–Crippen MR) is 31.1 cm³/mol. The Kier molecular flexibility index (Phi) is 1.54. The van der Waals surface area contributed by atoms with E-state index in [4.69, 9.17) is 4.74 Å². The molecule has 0 bridgehead atoms. The lowest BCUT2D eigenvalue weighted by atomic mass is 9.89. The number of hydrogen-bond acceptors (Lipinski definition) is 1. The van der Waals surface area contributed by atoms with Crippen molar-refractivity contribution < 1.29 is 10.1 Å². The Bertz CT molecular complexity index is 78.6. The van der Waals surface area contributed by atoms with Crippen LogP contribution in [0, 0.1) is 12.5 Å². The molecule has 0 aromatic carbocycles. The maximum absolute atomic E-state index is 5.04. The van der Waals surface area contributed by atoms with E-state index < -0.39 is 0 Å². The van der Waals surface area contributed by atoms with Crippen LogP contribution in [0.15, 0.2) is 0 Å². The Balaban J connectivity index is 2.20. The molecule has 1 aliphatic heterocycles. The lowest BCUT2D eigenvalue weighted by molar-refractivity contribution is -0.614. The van der Waals surface area contributed by atoms with Crippen LogP contribution in [0.5, 0.6) is 0 Å². The quantitative estimate of drug-likeness (QED) is 0.477. The van der Waals surface area contributed by atoms with Crippen LogP contribution in [0.3, 0.4) is 0 Å². The molecular weight excluding hydrogens is 102 g/mol. The van der Waals surface area contributed by atoms with E-state index in [2.05, 4.69) is 14.0 Å². The topological polar surface area (TPSA) is 25.8 Å². The highest BCUT2D eigenvalue weighted by atomic mass is 16.5. The highest BCUT2D eigenvalue weighted by Crippen LogP contribution is 2.23. The van der Waals surface area contributed by atoms with Gasteiger partial charge in [-0.05, 0) is 6.92 Å². The van der Waals surface area contributed by atoms with Crippen LogP contribution >= 0.6 is 0 Å². The highest BCUT2D eigenvalue weighted by Gasteiger charge is 2.33. The molecule has 0 unspecified atom stereocenters. The summed E-state index contributed by atoms with van der Waals surface area (Å²) in [6, 6.07) is 0. The summed E-state index contributed by atoms with van der Waals surface area (Å²) in [5, 5.41) is 1.96. The normalized spacial score (nSPS) is 24.8. The van der Waals surface area contributed by atoms with E-state index in [0.717, 1.165) is 19.8 Å². The van der Waals surface area contributed by atoms with E-state index in [0.29, 0.717) is 5.41 Å². The molecule has 0 radical (unpaired) electrons. The van der Waals surface area contributed by atoms with Crippen molar-refractivity contribution in [3.8, 4) is 0 Å². The van der Waals surface area contributed by atoms with Crippen molar-refractivity contribution in [2.75, 3.05) is 19.8 Å². The lowest BCUT2D eigenvalue weighted by Crippen LogP contribution is -2.82. The number of nitrogens with two attached hydrogens (primary N) is 1. The predicted octanol–water partition coefficient (Wildman–Crippen LogP) is -0.622. The molecule has 0 aliphatic carbocycles. The number of hydrogen-bond donors (Lipinski definition) is 1. The molecular formula is C6H13NO. The fraction of sp³-hybridized carbons (Fsp3) is 0.833. The molecule has 2 N–H and O–H groups in total. The zero-order valence-electron chi connectivity index (χ0n) is 5.31. The monoisotopic (exact) mass is 115 g/mol. The first-order chi connectivity index (χ1) is 3.77. The zero-order valence-corrected chi connectivity index (χ0v) is 5.31. The van der Waals surface area contributed by atoms with E-state index in [1.54, 1.807) is 0 Å². The molecule has 0 aromatic heterocycles. The van der Waals surface area contributed by atoms with Crippen LogP contribution in [0.25, 0.3) is 0 Å². The molecule has 0 amide bonds. The van der Waals surface area contributed by atoms with Gasteiger partial charge in [0.2, 0.25) is 0 Å². The SMILES string of the molecule is [CH2-][NH2+]CC1(C)COC1. The summed E-state index contributed by atoms with van der Waals surface area (Å²) in [5.74, 6) is 0. The van der Waals surface area contributed by atoms with Gasteiger partial charge in [0.15, 0.2) is 0 Å². The minimum absolute atomic E-state index is 0.432. The van der Waals surface area contributed by atoms with E-state index in [1.807, 2.05) is 5.32 Å². The van der Waals surface area contributed by atoms with E-state index in [9.17, 15) is 0 Å². The molecule has 1 rings (SSSR count). The molecule has 0 aromatic rings. The highest BCUT2D eigenvalue weighted by molar-refractivity contribution is 4.78. The summed E-state index contributed by atoms with van der Waals surface area (Å²) < 4.78 is 5.04. The molecule has 0 atom stereocenters.